The number of ether oxygens (including phenoxy) is 1. The number of carboxylic acid groups (broad SMARTS) is 1. The zero-order valence-corrected chi connectivity index (χ0v) is 8.84. The number of aliphatic carboxylic acids is 1. The molecule has 6 heteroatoms. The van der Waals surface area contributed by atoms with Crippen LogP contribution in [0.2, 0.25) is 0 Å². The average molecular weight is 230 g/mol. The molecule has 0 bridgehead atoms. The second kappa shape index (κ2) is 6.76. The van der Waals surface area contributed by atoms with E-state index in [1.807, 2.05) is 0 Å². The van der Waals surface area contributed by atoms with Crippen LogP contribution in [0.1, 0.15) is 6.92 Å². The molecular weight excluding hydrogens is 216 g/mol. The Morgan fingerprint density at radius 1 is 1.50 bits per heavy atom. The molecule has 1 unspecified atom stereocenters. The van der Waals surface area contributed by atoms with Crippen LogP contribution in [0.5, 0.6) is 0 Å². The maximum absolute atomic E-state index is 11.2. The van der Waals surface area contributed by atoms with Gasteiger partial charge in [-0.05, 0) is 13.0 Å². The highest BCUT2D eigenvalue weighted by atomic mass is 16.5. The molecule has 0 aromatic heterocycles. The van der Waals surface area contributed by atoms with E-state index in [1.165, 1.54) is 6.92 Å². The van der Waals surface area contributed by atoms with E-state index in [0.717, 1.165) is 6.08 Å². The first-order chi connectivity index (χ1) is 7.38. The van der Waals surface area contributed by atoms with Crippen molar-refractivity contribution in [1.82, 2.24) is 0 Å². The number of carbonyl (C=O) groups excluding carboxylic acids is 1. The Balaban J connectivity index is 4.25. The Morgan fingerprint density at radius 2 is 2.06 bits per heavy atom. The van der Waals surface area contributed by atoms with E-state index < -0.39 is 24.6 Å². The maximum atomic E-state index is 11.2. The summed E-state index contributed by atoms with van der Waals surface area (Å²) in [5, 5.41) is 25.9. The summed E-state index contributed by atoms with van der Waals surface area (Å²) in [6.45, 7) is 3.74. The monoisotopic (exact) mass is 230 g/mol. The third kappa shape index (κ3) is 5.28. The highest BCUT2D eigenvalue weighted by Gasteiger charge is 2.11. The molecule has 0 amide bonds. The number of aliphatic hydroxyl groups excluding tert-OH is 2. The summed E-state index contributed by atoms with van der Waals surface area (Å²) in [5.74, 6) is -2.00. The number of esters is 1. The molecule has 0 fully saturated rings. The smallest absolute Gasteiger partial charge is 0.337 e. The van der Waals surface area contributed by atoms with Crippen molar-refractivity contribution >= 4 is 11.9 Å². The first-order valence-corrected chi connectivity index (χ1v) is 4.45. The number of aliphatic hydroxyl groups is 2. The lowest BCUT2D eigenvalue weighted by molar-refractivity contribution is -0.142. The summed E-state index contributed by atoms with van der Waals surface area (Å²) in [5.41, 5.74) is -0.185. The van der Waals surface area contributed by atoms with Gasteiger partial charge in [0.1, 0.15) is 12.7 Å². The van der Waals surface area contributed by atoms with Crippen molar-refractivity contribution in [2.75, 3.05) is 13.2 Å². The van der Waals surface area contributed by atoms with Crippen molar-refractivity contribution in [1.29, 1.82) is 0 Å². The summed E-state index contributed by atoms with van der Waals surface area (Å²) in [7, 11) is 0. The van der Waals surface area contributed by atoms with E-state index in [0.29, 0.717) is 0 Å². The Morgan fingerprint density at radius 3 is 2.50 bits per heavy atom. The van der Waals surface area contributed by atoms with Crippen LogP contribution >= 0.6 is 0 Å². The molecular formula is C10H14O6. The van der Waals surface area contributed by atoms with Gasteiger partial charge in [-0.1, -0.05) is 6.58 Å². The van der Waals surface area contributed by atoms with Crippen LogP contribution in [-0.2, 0) is 14.3 Å². The van der Waals surface area contributed by atoms with E-state index >= 15 is 0 Å². The van der Waals surface area contributed by atoms with Gasteiger partial charge in [0, 0.05) is 5.57 Å². The normalized spacial score (nSPS) is 13.1. The minimum absolute atomic E-state index is 0.0512. The van der Waals surface area contributed by atoms with Crippen LogP contribution in [0.4, 0.5) is 0 Å². The summed E-state index contributed by atoms with van der Waals surface area (Å²) < 4.78 is 4.55. The molecule has 16 heavy (non-hydrogen) atoms. The van der Waals surface area contributed by atoms with E-state index in [-0.39, 0.29) is 17.8 Å². The SMILES string of the molecule is C=C(C=C(C)C(=O)O)C(=O)OCC(O)CO. The minimum Gasteiger partial charge on any atom is -0.478 e. The van der Waals surface area contributed by atoms with Crippen LogP contribution in [-0.4, -0.2) is 46.6 Å². The van der Waals surface area contributed by atoms with Gasteiger partial charge >= 0.3 is 11.9 Å². The third-order valence-electron chi connectivity index (χ3n) is 1.61. The van der Waals surface area contributed by atoms with Crippen molar-refractivity contribution < 1.29 is 29.6 Å². The second-order valence-corrected chi connectivity index (χ2v) is 3.09. The van der Waals surface area contributed by atoms with Crippen LogP contribution in [0.25, 0.3) is 0 Å². The van der Waals surface area contributed by atoms with Crippen molar-refractivity contribution in [3.63, 3.8) is 0 Å². The van der Waals surface area contributed by atoms with Crippen molar-refractivity contribution in [2.24, 2.45) is 0 Å². The summed E-state index contributed by atoms with van der Waals surface area (Å²) >= 11 is 0. The minimum atomic E-state index is -1.16. The van der Waals surface area contributed by atoms with Gasteiger partial charge in [0.25, 0.3) is 0 Å². The third-order valence-corrected chi connectivity index (χ3v) is 1.61. The van der Waals surface area contributed by atoms with Crippen molar-refractivity contribution in [3.05, 3.63) is 23.8 Å². The quantitative estimate of drug-likeness (QED) is 0.322. The van der Waals surface area contributed by atoms with Crippen LogP contribution in [0.15, 0.2) is 23.8 Å². The van der Waals surface area contributed by atoms with E-state index in [2.05, 4.69) is 11.3 Å². The van der Waals surface area contributed by atoms with Gasteiger partial charge in [0.05, 0.1) is 12.2 Å². The highest BCUT2D eigenvalue weighted by molar-refractivity contribution is 5.94. The van der Waals surface area contributed by atoms with Gasteiger partial charge in [-0.3, -0.25) is 0 Å². The van der Waals surface area contributed by atoms with Gasteiger partial charge < -0.3 is 20.1 Å². The Kier molecular flexibility index (Phi) is 6.06. The summed E-state index contributed by atoms with van der Waals surface area (Å²) in [6, 6.07) is 0. The molecule has 90 valence electrons. The lowest BCUT2D eigenvalue weighted by Gasteiger charge is -2.08. The fourth-order valence-electron chi connectivity index (χ4n) is 0.699. The molecule has 0 saturated heterocycles. The number of rotatable bonds is 6. The van der Waals surface area contributed by atoms with Crippen molar-refractivity contribution in [3.8, 4) is 0 Å². The first-order valence-electron chi connectivity index (χ1n) is 4.45. The van der Waals surface area contributed by atoms with Crippen LogP contribution in [0, 0.1) is 0 Å². The predicted molar refractivity (Wildman–Crippen MR) is 54.6 cm³/mol. The highest BCUT2D eigenvalue weighted by Crippen LogP contribution is 2.03. The molecule has 6 nitrogen and oxygen atoms in total. The molecule has 0 rings (SSSR count). The van der Waals surface area contributed by atoms with Crippen molar-refractivity contribution in [2.45, 2.75) is 13.0 Å². The number of carboxylic acids is 1. The Bertz CT molecular complexity index is 317. The topological polar surface area (TPSA) is 104 Å². The molecule has 0 aliphatic carbocycles. The first kappa shape index (κ1) is 14.3. The molecule has 0 aromatic carbocycles. The van der Waals surface area contributed by atoms with E-state index in [1.54, 1.807) is 0 Å². The van der Waals surface area contributed by atoms with Gasteiger partial charge in [0.15, 0.2) is 0 Å². The molecule has 1 atom stereocenters. The number of hydrogen-bond donors (Lipinski definition) is 3. The number of hydrogen-bond acceptors (Lipinski definition) is 5. The summed E-state index contributed by atoms with van der Waals surface area (Å²) in [4.78, 5) is 21.6. The molecule has 0 heterocycles. The molecule has 3 N–H and O–H groups in total. The predicted octanol–water partition coefficient (Wildman–Crippen LogP) is -0.530. The number of carbonyl (C=O) groups is 2. The average Bonchev–Trinajstić information content (AvgIpc) is 2.24. The Labute approximate surface area is 92.5 Å². The van der Waals surface area contributed by atoms with Gasteiger partial charge in [-0.25, -0.2) is 9.59 Å². The maximum Gasteiger partial charge on any atom is 0.337 e. The lowest BCUT2D eigenvalue weighted by Crippen LogP contribution is -2.22. The molecule has 0 spiro atoms. The molecule has 0 aromatic rings. The van der Waals surface area contributed by atoms with Gasteiger partial charge in [0.2, 0.25) is 0 Å². The zero-order valence-electron chi connectivity index (χ0n) is 8.84. The molecule has 0 radical (unpaired) electrons. The summed E-state index contributed by atoms with van der Waals surface area (Å²) in [6.07, 6.45) is -0.0861. The fraction of sp³-hybridized carbons (Fsp3) is 0.400. The lowest BCUT2D eigenvalue weighted by atomic mass is 10.2. The Hall–Kier alpha value is -1.66. The largest absolute Gasteiger partial charge is 0.478 e. The van der Waals surface area contributed by atoms with Gasteiger partial charge in [-0.2, -0.15) is 0 Å². The standard InChI is InChI=1S/C10H14O6/c1-6(9(13)14)3-7(2)10(15)16-5-8(12)4-11/h3,8,11-12H,2,4-5H2,1H3,(H,13,14). The fourth-order valence-corrected chi connectivity index (χ4v) is 0.699. The zero-order chi connectivity index (χ0) is 12.7. The van der Waals surface area contributed by atoms with Crippen LogP contribution in [0.3, 0.4) is 0 Å². The second-order valence-electron chi connectivity index (χ2n) is 3.09. The molecule has 0 aliphatic rings. The molecule has 0 saturated carbocycles. The van der Waals surface area contributed by atoms with E-state index in [4.69, 9.17) is 15.3 Å². The van der Waals surface area contributed by atoms with Gasteiger partial charge in [-0.15, -0.1) is 0 Å². The van der Waals surface area contributed by atoms with E-state index in [9.17, 15) is 9.59 Å². The van der Waals surface area contributed by atoms with Crippen LogP contribution < -0.4 is 0 Å². The molecule has 0 aliphatic heterocycles.